The van der Waals surface area contributed by atoms with Crippen LogP contribution in [0.4, 0.5) is 11.4 Å². The molecule has 0 spiro atoms. The number of sulfonamides is 4. The molecule has 0 atom stereocenters. The van der Waals surface area contributed by atoms with E-state index in [2.05, 4.69) is 8.80 Å². The van der Waals surface area contributed by atoms with Crippen LogP contribution in [-0.2, 0) is 49.6 Å². The van der Waals surface area contributed by atoms with Gasteiger partial charge in [-0.2, -0.15) is 25.6 Å². The fraction of sp³-hybridized carbons (Fsp3) is 0.0833. The first-order chi connectivity index (χ1) is 22.1. The first-order valence-electron chi connectivity index (χ1n) is 12.2. The summed E-state index contributed by atoms with van der Waals surface area (Å²) in [5, 5.41) is 32.3. The van der Waals surface area contributed by atoms with Crippen molar-refractivity contribution in [3.05, 3.63) is 114 Å². The van der Waals surface area contributed by atoms with E-state index in [0.29, 0.717) is 24.6 Å². The van der Waals surface area contributed by atoms with E-state index in [1.165, 1.54) is 0 Å². The second-order valence-electron chi connectivity index (χ2n) is 8.60. The van der Waals surface area contributed by atoms with Crippen LogP contribution in [0.5, 0.6) is 0 Å². The topological polar surface area (TPSA) is 318 Å². The molecule has 2 aromatic carbocycles. The predicted molar refractivity (Wildman–Crippen MR) is 170 cm³/mol. The minimum absolute atomic E-state index is 0.328. The third-order valence-electron chi connectivity index (χ3n) is 5.41. The van der Waals surface area contributed by atoms with E-state index < -0.39 is 92.4 Å². The number of allylic oxidation sites excluding steroid dienone is 6. The van der Waals surface area contributed by atoms with Crippen molar-refractivity contribution in [2.24, 2.45) is 19.1 Å². The van der Waals surface area contributed by atoms with E-state index in [1.807, 2.05) is 0 Å². The molecule has 0 heterocycles. The fourth-order valence-corrected chi connectivity index (χ4v) is 6.38. The van der Waals surface area contributed by atoms with Crippen LogP contribution >= 0.6 is 0 Å². The zero-order valence-corrected chi connectivity index (χ0v) is 27.6. The minimum atomic E-state index is -4.73. The summed E-state index contributed by atoms with van der Waals surface area (Å²) in [5.41, 5.74) is -1.16. The molecule has 4 N–H and O–H groups in total. The van der Waals surface area contributed by atoms with Gasteiger partial charge in [0, 0.05) is 24.3 Å². The van der Waals surface area contributed by atoms with E-state index in [4.69, 9.17) is 19.8 Å². The van der Waals surface area contributed by atoms with Crippen LogP contribution in [0.2, 0.25) is 0 Å². The highest BCUT2D eigenvalue weighted by atomic mass is 32.2. The van der Waals surface area contributed by atoms with Crippen molar-refractivity contribution in [3.8, 4) is 0 Å². The zero-order chi connectivity index (χ0) is 36.5. The molecule has 24 heteroatoms. The summed E-state index contributed by atoms with van der Waals surface area (Å²) in [6.07, 6.45) is 4.57. The Labute approximate surface area is 273 Å². The molecule has 0 aromatic heterocycles. The summed E-state index contributed by atoms with van der Waals surface area (Å²) in [5.74, 6) is -1.17. The SMILES string of the molecule is COC(/C=C/C=C/C(OC)=C(/C=N/S(=O)(=O)c1cccc([N+](=O)[O-])c1)S(N)(=O)=O)=C(/C=N/S(=O)(=O)c1cccc([N+](=O)[O-])c1)S(N)(=O)=O. The van der Waals surface area contributed by atoms with Crippen LogP contribution in [0, 0.1) is 20.2 Å². The molecule has 258 valence electrons. The maximum absolute atomic E-state index is 12.6. The quantitative estimate of drug-likeness (QED) is 0.0848. The molecule has 2 aromatic rings. The second kappa shape index (κ2) is 15.6. The molecule has 0 fully saturated rings. The van der Waals surface area contributed by atoms with Crippen LogP contribution in [0.3, 0.4) is 0 Å². The monoisotopic (exact) mass is 748 g/mol. The summed E-state index contributed by atoms with van der Waals surface area (Å²) < 4.78 is 116. The summed E-state index contributed by atoms with van der Waals surface area (Å²) >= 11 is 0. The van der Waals surface area contributed by atoms with Gasteiger partial charge in [-0.15, -0.1) is 0 Å². The fourth-order valence-electron chi connectivity index (χ4n) is 3.21. The molecule has 0 bridgehead atoms. The molecule has 20 nitrogen and oxygen atoms in total. The smallest absolute Gasteiger partial charge is 0.282 e. The molecule has 0 aliphatic rings. The third-order valence-corrected chi connectivity index (χ3v) is 9.72. The number of nitrogens with zero attached hydrogens (tertiary/aromatic N) is 4. The molecule has 0 saturated carbocycles. The lowest BCUT2D eigenvalue weighted by Crippen LogP contribution is -2.18. The average Bonchev–Trinajstić information content (AvgIpc) is 2.99. The Morgan fingerprint density at radius 2 is 1.00 bits per heavy atom. The highest BCUT2D eigenvalue weighted by Gasteiger charge is 2.22. The number of benzene rings is 2. The average molecular weight is 749 g/mol. The van der Waals surface area contributed by atoms with Crippen LogP contribution < -0.4 is 10.3 Å². The van der Waals surface area contributed by atoms with Crippen molar-refractivity contribution in [1.82, 2.24) is 0 Å². The first kappa shape index (κ1) is 39.0. The van der Waals surface area contributed by atoms with E-state index in [-0.39, 0.29) is 0 Å². The third kappa shape index (κ3) is 10.7. The number of methoxy groups -OCH3 is 2. The van der Waals surface area contributed by atoms with Crippen molar-refractivity contribution in [1.29, 1.82) is 0 Å². The molecular weight excluding hydrogens is 725 g/mol. The van der Waals surface area contributed by atoms with Crippen LogP contribution in [0.15, 0.2) is 113 Å². The Kier molecular flexibility index (Phi) is 12.7. The molecular formula is C24H24N6O14S4. The number of nitro benzene ring substituents is 2. The normalized spacial score (nSPS) is 14.3. The van der Waals surface area contributed by atoms with Gasteiger partial charge in [-0.25, -0.2) is 27.1 Å². The van der Waals surface area contributed by atoms with E-state index in [0.717, 1.165) is 74.9 Å². The van der Waals surface area contributed by atoms with Crippen molar-refractivity contribution in [3.63, 3.8) is 0 Å². The van der Waals surface area contributed by atoms with Crippen LogP contribution in [-0.4, -0.2) is 70.2 Å². The van der Waals surface area contributed by atoms with Crippen molar-refractivity contribution in [2.75, 3.05) is 14.2 Å². The largest absolute Gasteiger partial charge is 0.495 e. The van der Waals surface area contributed by atoms with Gasteiger partial charge in [0.2, 0.25) is 20.0 Å². The number of nitrogens with two attached hydrogens (primary N) is 2. The van der Waals surface area contributed by atoms with E-state index >= 15 is 0 Å². The molecule has 0 radical (unpaired) electrons. The number of non-ortho nitro benzene ring substituents is 2. The predicted octanol–water partition coefficient (Wildman–Crippen LogP) is 1.13. The second-order valence-corrected chi connectivity index (χ2v) is 14.9. The maximum atomic E-state index is 12.6. The highest BCUT2D eigenvalue weighted by molar-refractivity contribution is 7.94. The summed E-state index contributed by atoms with van der Waals surface area (Å²) in [4.78, 5) is 17.0. The summed E-state index contributed by atoms with van der Waals surface area (Å²) in [6.45, 7) is 0. The van der Waals surface area contributed by atoms with Gasteiger partial charge in [-0.05, 0) is 24.3 Å². The Hall–Kier alpha value is -5.14. The van der Waals surface area contributed by atoms with E-state index in [9.17, 15) is 53.9 Å². The maximum Gasteiger partial charge on any atom is 0.282 e. The van der Waals surface area contributed by atoms with Crippen LogP contribution in [0.1, 0.15) is 0 Å². The first-order valence-corrected chi connectivity index (χ1v) is 18.2. The van der Waals surface area contributed by atoms with Gasteiger partial charge in [0.1, 0.15) is 21.3 Å². The lowest BCUT2D eigenvalue weighted by atomic mass is 10.3. The van der Waals surface area contributed by atoms with Crippen molar-refractivity contribution in [2.45, 2.75) is 9.79 Å². The van der Waals surface area contributed by atoms with Gasteiger partial charge in [0.15, 0.2) is 0 Å². The molecule has 48 heavy (non-hydrogen) atoms. The number of ether oxygens (including phenoxy) is 2. The van der Waals surface area contributed by atoms with Crippen molar-refractivity contribution < 1.29 is 53.0 Å². The van der Waals surface area contributed by atoms with Crippen molar-refractivity contribution >= 4 is 63.9 Å². The lowest BCUT2D eigenvalue weighted by Gasteiger charge is -2.06. The molecule has 0 aliphatic carbocycles. The lowest BCUT2D eigenvalue weighted by molar-refractivity contribution is -0.385. The van der Waals surface area contributed by atoms with Gasteiger partial charge in [0.05, 0.1) is 46.3 Å². The Morgan fingerprint density at radius 1 is 0.667 bits per heavy atom. The number of hydrogen-bond donors (Lipinski definition) is 2. The van der Waals surface area contributed by atoms with Gasteiger partial charge in [0.25, 0.3) is 31.4 Å². The van der Waals surface area contributed by atoms with Gasteiger partial charge in [-0.1, -0.05) is 24.3 Å². The minimum Gasteiger partial charge on any atom is -0.495 e. The van der Waals surface area contributed by atoms with Gasteiger partial charge in [-0.3, -0.25) is 20.2 Å². The number of rotatable bonds is 15. The molecule has 0 amide bonds. The highest BCUT2D eigenvalue weighted by Crippen LogP contribution is 2.21. The van der Waals surface area contributed by atoms with E-state index in [1.54, 1.807) is 0 Å². The summed E-state index contributed by atoms with van der Waals surface area (Å²) in [7, 11) is -16.8. The molecule has 0 saturated heterocycles. The molecule has 0 aliphatic heterocycles. The summed E-state index contributed by atoms with van der Waals surface area (Å²) in [6, 6.07) is 7.52. The number of hydrogen-bond acceptors (Lipinski definition) is 14. The zero-order valence-electron chi connectivity index (χ0n) is 24.4. The van der Waals surface area contributed by atoms with Gasteiger partial charge >= 0.3 is 0 Å². The Morgan fingerprint density at radius 3 is 1.27 bits per heavy atom. The van der Waals surface area contributed by atoms with Crippen LogP contribution in [0.25, 0.3) is 0 Å². The standard InChI is InChI=1S/C24H24N6O14S4/c1-43-21(23(45(25,35)36)15-27-47(39,40)19-9-5-7-17(13-19)29(31)32)11-3-4-12-22(44-2)24(46(26,37)38)16-28-48(41,42)20-10-6-8-18(14-20)30(33)34/h3-16H,1-2H3,(H2,25,35,36)(H2,26,37,38)/b11-3+,12-4+,23-21-,24-22+,27-15+,28-16+. The molecule has 0 unspecified atom stereocenters. The number of nitro groups is 2. The number of primary sulfonamides is 2. The Balaban J connectivity index is 2.54. The molecule has 2 rings (SSSR count). The van der Waals surface area contributed by atoms with Gasteiger partial charge < -0.3 is 9.47 Å². The Bertz CT molecular complexity index is 2080.